The summed E-state index contributed by atoms with van der Waals surface area (Å²) in [6.45, 7) is 15.6. The molecule has 0 bridgehead atoms. The van der Waals surface area contributed by atoms with E-state index < -0.39 is 11.7 Å². The van der Waals surface area contributed by atoms with Gasteiger partial charge in [-0.15, -0.1) is 0 Å². The van der Waals surface area contributed by atoms with Crippen LogP contribution >= 0.6 is 0 Å². The molecule has 1 atom stereocenters. The molecule has 3 rings (SSSR count). The van der Waals surface area contributed by atoms with Crippen LogP contribution in [0.15, 0.2) is 36.5 Å². The zero-order chi connectivity index (χ0) is 27.7. The van der Waals surface area contributed by atoms with Gasteiger partial charge in [0.15, 0.2) is 5.82 Å². The number of amides is 1. The van der Waals surface area contributed by atoms with Crippen molar-refractivity contribution in [3.05, 3.63) is 53.3 Å². The van der Waals surface area contributed by atoms with E-state index in [-0.39, 0.29) is 0 Å². The number of hydrogen-bond donors (Lipinski definition) is 2. The van der Waals surface area contributed by atoms with Crippen LogP contribution in [0.25, 0.3) is 11.3 Å². The van der Waals surface area contributed by atoms with Crippen molar-refractivity contribution < 1.29 is 9.53 Å². The van der Waals surface area contributed by atoms with Gasteiger partial charge in [-0.05, 0) is 69.7 Å². The van der Waals surface area contributed by atoms with Crippen molar-refractivity contribution >= 4 is 17.9 Å². The predicted octanol–water partition coefficient (Wildman–Crippen LogP) is 7.20. The van der Waals surface area contributed by atoms with Crippen LogP contribution in [0, 0.1) is 12.8 Å². The van der Waals surface area contributed by atoms with Gasteiger partial charge in [0, 0.05) is 36.6 Å². The molecule has 2 heterocycles. The molecule has 38 heavy (non-hydrogen) atoms. The number of hydrogen-bond acceptors (Lipinski definition) is 6. The normalized spacial score (nSPS) is 12.3. The smallest absolute Gasteiger partial charge is 0.407 e. The maximum atomic E-state index is 12.0. The summed E-state index contributed by atoms with van der Waals surface area (Å²) >= 11 is 0. The van der Waals surface area contributed by atoms with E-state index >= 15 is 0 Å². The van der Waals surface area contributed by atoms with Crippen LogP contribution in [0.4, 0.5) is 16.6 Å². The molecule has 0 spiro atoms. The van der Waals surface area contributed by atoms with Gasteiger partial charge in [-0.3, -0.25) is 4.68 Å². The molecule has 8 heteroatoms. The van der Waals surface area contributed by atoms with Crippen LogP contribution in [0.2, 0.25) is 0 Å². The van der Waals surface area contributed by atoms with Crippen molar-refractivity contribution in [3.63, 3.8) is 0 Å². The number of nitrogens with zero attached hydrogens (tertiary/aromatic N) is 4. The van der Waals surface area contributed by atoms with E-state index in [0.29, 0.717) is 12.5 Å². The number of nitrogens with one attached hydrogen (secondary N) is 2. The van der Waals surface area contributed by atoms with Gasteiger partial charge in [0.1, 0.15) is 5.60 Å². The predicted molar refractivity (Wildman–Crippen MR) is 153 cm³/mol. The lowest BCUT2D eigenvalue weighted by Crippen LogP contribution is -2.32. The summed E-state index contributed by atoms with van der Waals surface area (Å²) in [6.07, 6.45) is 7.11. The van der Waals surface area contributed by atoms with Crippen LogP contribution in [-0.2, 0) is 24.2 Å². The van der Waals surface area contributed by atoms with Crippen molar-refractivity contribution in [3.8, 4) is 11.3 Å². The Bertz CT molecular complexity index is 1200. The number of aryl methyl sites for hydroxylation is 3. The van der Waals surface area contributed by atoms with E-state index in [2.05, 4.69) is 53.2 Å². The molecule has 206 valence electrons. The summed E-state index contributed by atoms with van der Waals surface area (Å²) < 4.78 is 7.45. The molecule has 0 aliphatic carbocycles. The quantitative estimate of drug-likeness (QED) is 0.262. The van der Waals surface area contributed by atoms with Crippen molar-refractivity contribution in [1.82, 2.24) is 25.1 Å². The van der Waals surface area contributed by atoms with E-state index in [4.69, 9.17) is 14.8 Å². The second kappa shape index (κ2) is 13.4. The topological polar surface area (TPSA) is 94.0 Å². The number of aromatic nitrogens is 4. The summed E-state index contributed by atoms with van der Waals surface area (Å²) in [7, 11) is 0. The lowest BCUT2D eigenvalue weighted by atomic mass is 9.97. The Morgan fingerprint density at radius 2 is 1.89 bits per heavy atom. The van der Waals surface area contributed by atoms with Crippen molar-refractivity contribution in [2.45, 2.75) is 99.3 Å². The average Bonchev–Trinajstić information content (AvgIpc) is 3.26. The standard InChI is InChI=1S/C30H44N6O2/c1-8-11-22(9-2)15-17-36-25(10-3)19-27(35-36)34-28-31-16-14-26(33-28)23-12-13-24(21(4)18-23)20-32-29(37)38-30(5,6)7/h12-14,16,18-19,22H,8-11,15,17,20H2,1-7H3,(H,32,37)(H,31,33,34,35). The number of carbonyl (C=O) groups is 1. The SMILES string of the molecule is CCCC(CC)CCn1nc(Nc2nccc(-c3ccc(CNC(=O)OC(C)(C)C)c(C)c3)n2)cc1CC. The van der Waals surface area contributed by atoms with Crippen molar-refractivity contribution in [1.29, 1.82) is 0 Å². The van der Waals surface area contributed by atoms with Gasteiger partial charge >= 0.3 is 6.09 Å². The Hall–Kier alpha value is -3.42. The van der Waals surface area contributed by atoms with E-state index in [1.807, 2.05) is 45.9 Å². The molecule has 0 aliphatic heterocycles. The van der Waals surface area contributed by atoms with Crippen LogP contribution in [0.3, 0.4) is 0 Å². The van der Waals surface area contributed by atoms with E-state index in [1.165, 1.54) is 25.0 Å². The van der Waals surface area contributed by atoms with Crippen LogP contribution in [-0.4, -0.2) is 31.4 Å². The highest BCUT2D eigenvalue weighted by atomic mass is 16.6. The monoisotopic (exact) mass is 520 g/mol. The van der Waals surface area contributed by atoms with Crippen molar-refractivity contribution in [2.24, 2.45) is 5.92 Å². The Morgan fingerprint density at radius 3 is 2.55 bits per heavy atom. The number of carbonyl (C=O) groups excluding carboxylic acids is 1. The number of benzene rings is 1. The molecule has 3 aromatic rings. The molecule has 1 aromatic carbocycles. The van der Waals surface area contributed by atoms with Gasteiger partial charge in [0.05, 0.1) is 5.69 Å². The lowest BCUT2D eigenvalue weighted by Gasteiger charge is -2.20. The average molecular weight is 521 g/mol. The fourth-order valence-electron chi connectivity index (χ4n) is 4.49. The molecule has 0 saturated carbocycles. The number of alkyl carbamates (subject to hydrolysis) is 1. The third kappa shape index (κ3) is 8.57. The first kappa shape index (κ1) is 29.1. The van der Waals surface area contributed by atoms with E-state index in [1.54, 1.807) is 6.20 Å². The minimum atomic E-state index is -0.523. The van der Waals surface area contributed by atoms with Gasteiger partial charge in [-0.1, -0.05) is 52.2 Å². The first-order chi connectivity index (χ1) is 18.1. The maximum Gasteiger partial charge on any atom is 0.407 e. The van der Waals surface area contributed by atoms with Gasteiger partial charge < -0.3 is 15.4 Å². The number of rotatable bonds is 12. The molecule has 1 unspecified atom stereocenters. The van der Waals surface area contributed by atoms with Gasteiger partial charge in [-0.2, -0.15) is 5.10 Å². The molecule has 8 nitrogen and oxygen atoms in total. The van der Waals surface area contributed by atoms with Crippen LogP contribution < -0.4 is 10.6 Å². The Kier molecular flexibility index (Phi) is 10.3. The fraction of sp³-hybridized carbons (Fsp3) is 0.533. The van der Waals surface area contributed by atoms with Gasteiger partial charge in [-0.25, -0.2) is 14.8 Å². The minimum absolute atomic E-state index is 0.400. The summed E-state index contributed by atoms with van der Waals surface area (Å²) in [5.41, 5.74) is 4.57. The summed E-state index contributed by atoms with van der Waals surface area (Å²) in [6, 6.07) is 10.1. The van der Waals surface area contributed by atoms with Gasteiger partial charge in [0.2, 0.25) is 5.95 Å². The van der Waals surface area contributed by atoms with Crippen LogP contribution in [0.1, 0.15) is 84.0 Å². The number of ether oxygens (including phenoxy) is 1. The highest BCUT2D eigenvalue weighted by Gasteiger charge is 2.16. The Balaban J connectivity index is 1.68. The largest absolute Gasteiger partial charge is 0.444 e. The third-order valence-corrected chi connectivity index (χ3v) is 6.60. The zero-order valence-corrected chi connectivity index (χ0v) is 24.1. The highest BCUT2D eigenvalue weighted by Crippen LogP contribution is 2.23. The molecular weight excluding hydrogens is 476 g/mol. The molecule has 1 amide bonds. The first-order valence-electron chi connectivity index (χ1n) is 13.8. The second-order valence-corrected chi connectivity index (χ2v) is 10.8. The summed E-state index contributed by atoms with van der Waals surface area (Å²) in [5, 5.41) is 10.9. The maximum absolute atomic E-state index is 12.0. The fourth-order valence-corrected chi connectivity index (χ4v) is 4.49. The molecule has 0 aliphatic rings. The second-order valence-electron chi connectivity index (χ2n) is 10.8. The molecule has 2 aromatic heterocycles. The molecule has 0 saturated heterocycles. The summed E-state index contributed by atoms with van der Waals surface area (Å²) in [5.74, 6) is 2.02. The minimum Gasteiger partial charge on any atom is -0.444 e. The Morgan fingerprint density at radius 1 is 1.11 bits per heavy atom. The lowest BCUT2D eigenvalue weighted by molar-refractivity contribution is 0.0523. The first-order valence-corrected chi connectivity index (χ1v) is 13.8. The van der Waals surface area contributed by atoms with Crippen LogP contribution in [0.5, 0.6) is 0 Å². The summed E-state index contributed by atoms with van der Waals surface area (Å²) in [4.78, 5) is 21.2. The van der Waals surface area contributed by atoms with Crippen molar-refractivity contribution in [2.75, 3.05) is 5.32 Å². The number of anilines is 2. The van der Waals surface area contributed by atoms with E-state index in [9.17, 15) is 4.79 Å². The molecule has 0 fully saturated rings. The third-order valence-electron chi connectivity index (χ3n) is 6.60. The van der Waals surface area contributed by atoms with E-state index in [0.717, 1.165) is 53.5 Å². The molecular formula is C30H44N6O2. The molecule has 0 radical (unpaired) electrons. The Labute approximate surface area is 227 Å². The zero-order valence-electron chi connectivity index (χ0n) is 24.1. The molecule has 2 N–H and O–H groups in total. The highest BCUT2D eigenvalue weighted by molar-refractivity contribution is 5.68. The van der Waals surface area contributed by atoms with Gasteiger partial charge in [0.25, 0.3) is 0 Å².